The minimum atomic E-state index is -4.47. The monoisotopic (exact) mass is 761 g/mol. The second-order valence-corrected chi connectivity index (χ2v) is 16.9. The van der Waals surface area contributed by atoms with Crippen LogP contribution >= 0.6 is 7.41 Å². The van der Waals surface area contributed by atoms with E-state index in [4.69, 9.17) is 0 Å². The van der Waals surface area contributed by atoms with Gasteiger partial charge in [-0.05, 0) is 75.9 Å². The number of aryl methyl sites for hydroxylation is 6. The summed E-state index contributed by atoms with van der Waals surface area (Å²) >= 11 is 0. The Labute approximate surface area is 299 Å². The van der Waals surface area contributed by atoms with Crippen molar-refractivity contribution in [2.75, 3.05) is 6.16 Å². The molecule has 5 aromatic rings. The van der Waals surface area contributed by atoms with Gasteiger partial charge in [-0.25, -0.2) is 43.9 Å². The molecule has 0 amide bonds. The maximum Gasteiger partial charge on any atom is 0.227 e. The van der Waals surface area contributed by atoms with E-state index in [2.05, 4.69) is 10.3 Å². The summed E-state index contributed by atoms with van der Waals surface area (Å²) in [5.74, 6) is -25.1. The molecule has 3 nitrogen and oxygen atoms in total. The van der Waals surface area contributed by atoms with Gasteiger partial charge in [0.15, 0.2) is 34.9 Å². The van der Waals surface area contributed by atoms with Gasteiger partial charge in [0.1, 0.15) is 41.3 Å². The Morgan fingerprint density at radius 2 is 0.849 bits per heavy atom. The van der Waals surface area contributed by atoms with Gasteiger partial charge in [0.2, 0.25) is 6.28 Å². The summed E-state index contributed by atoms with van der Waals surface area (Å²) in [4.78, 5) is 0. The highest BCUT2D eigenvalue weighted by Crippen LogP contribution is 2.70. The van der Waals surface area contributed by atoms with Crippen molar-refractivity contribution < 1.29 is 43.9 Å². The van der Waals surface area contributed by atoms with Gasteiger partial charge in [0.05, 0.1) is 11.8 Å². The van der Waals surface area contributed by atoms with Crippen molar-refractivity contribution in [2.45, 2.75) is 47.9 Å². The van der Waals surface area contributed by atoms with E-state index in [0.717, 1.165) is 15.8 Å². The molecule has 0 N–H and O–H groups in total. The zero-order chi connectivity index (χ0) is 38.9. The van der Waals surface area contributed by atoms with E-state index >= 15 is 35.1 Å². The first kappa shape index (κ1) is 38.0. The lowest BCUT2D eigenvalue weighted by molar-refractivity contribution is 0.380. The Morgan fingerprint density at radius 1 is 0.509 bits per heavy atom. The van der Waals surface area contributed by atoms with E-state index in [1.807, 2.05) is 0 Å². The highest BCUT2D eigenvalue weighted by Gasteiger charge is 2.65. The SMILES string of the molecule is Cc1cc(C)c([P+]2(c3c(C)cc(C)cc3C)CC[B-](c3c(F)c(F)c(F)c(F)c3F)(c3c(F)c(F)c(F)c(F)c3F)N2N=Nc2ccccc2)c(C)c1. The average molecular weight is 761 g/mol. The molecule has 0 atom stereocenters. The molecule has 1 fully saturated rings. The molecule has 1 aliphatic heterocycles. The van der Waals surface area contributed by atoms with Gasteiger partial charge in [-0.3, -0.25) is 0 Å². The van der Waals surface area contributed by atoms with Crippen molar-refractivity contribution in [1.29, 1.82) is 0 Å². The summed E-state index contributed by atoms with van der Waals surface area (Å²) < 4.78 is 157. The number of hydrogen-bond acceptors (Lipinski definition) is 2. The highest BCUT2D eigenvalue weighted by molar-refractivity contribution is 7.90. The fourth-order valence-electron chi connectivity index (χ4n) is 8.48. The van der Waals surface area contributed by atoms with Crippen molar-refractivity contribution >= 4 is 40.9 Å². The van der Waals surface area contributed by atoms with E-state index in [0.29, 0.717) is 32.9 Å². The van der Waals surface area contributed by atoms with Crippen LogP contribution < -0.4 is 21.5 Å². The van der Waals surface area contributed by atoms with E-state index in [1.165, 1.54) is 12.1 Å². The van der Waals surface area contributed by atoms with E-state index in [9.17, 15) is 8.78 Å². The fourth-order valence-corrected chi connectivity index (χ4v) is 14.3. The fraction of sp³-hybridized carbons (Fsp3) is 0.211. The third-order valence-electron chi connectivity index (χ3n) is 10.1. The van der Waals surface area contributed by atoms with Crippen LogP contribution in [0.1, 0.15) is 33.4 Å². The van der Waals surface area contributed by atoms with Gasteiger partial charge in [-0.1, -0.05) is 69.7 Å². The molecule has 15 heteroatoms. The molecule has 276 valence electrons. The van der Waals surface area contributed by atoms with E-state index in [1.54, 1.807) is 84.0 Å². The minimum absolute atomic E-state index is 0.0896. The Hall–Kier alpha value is -4.71. The molecule has 6 rings (SSSR count). The van der Waals surface area contributed by atoms with Crippen LogP contribution in [-0.4, -0.2) is 17.1 Å². The Balaban J connectivity index is 1.95. The van der Waals surface area contributed by atoms with Gasteiger partial charge < -0.3 is 4.69 Å². The lowest BCUT2D eigenvalue weighted by Gasteiger charge is -2.47. The maximum atomic E-state index is 16.4. The Bertz CT molecular complexity index is 2120. The van der Waals surface area contributed by atoms with Crippen molar-refractivity contribution in [1.82, 2.24) is 4.69 Å². The van der Waals surface area contributed by atoms with Gasteiger partial charge in [0, 0.05) is 0 Å². The molecule has 5 aromatic carbocycles. The largest absolute Gasteiger partial charge is 0.307 e. The van der Waals surface area contributed by atoms with Crippen LogP contribution in [-0.2, 0) is 0 Å². The van der Waals surface area contributed by atoms with Crippen LogP contribution in [0.5, 0.6) is 0 Å². The van der Waals surface area contributed by atoms with Gasteiger partial charge in [-0.2, -0.15) is 0 Å². The van der Waals surface area contributed by atoms with Crippen LogP contribution in [0.4, 0.5) is 49.6 Å². The lowest BCUT2D eigenvalue weighted by atomic mass is 9.26. The first-order valence-corrected chi connectivity index (χ1v) is 18.4. The molecule has 53 heavy (non-hydrogen) atoms. The molecule has 0 aromatic heterocycles. The Kier molecular flexibility index (Phi) is 9.77. The highest BCUT2D eigenvalue weighted by atomic mass is 31.2. The number of rotatable bonds is 6. The first-order chi connectivity index (χ1) is 24.9. The summed E-state index contributed by atoms with van der Waals surface area (Å²) in [6.07, 6.45) is -5.68. The number of hydrogen-bond donors (Lipinski definition) is 0. The molecule has 0 aliphatic carbocycles. The maximum absolute atomic E-state index is 16.4. The Morgan fingerprint density at radius 3 is 1.21 bits per heavy atom. The average Bonchev–Trinajstić information content (AvgIpc) is 3.41. The standard InChI is InChI=1S/C38H31BF10N3P/c1-18-14-20(3)37(21(4)15-18)53(38-22(5)16-19(2)17-23(38)6)13-12-39(52(53)51-50-24-10-8-7-9-11-24,25-27(40)31(44)35(48)32(45)28(25)41)26-29(42)33(46)36(49)34(47)30(26)43/h7-11,14-17H,12-13H2,1-6H3. The predicted octanol–water partition coefficient (Wildman–Crippen LogP) is 9.59. The van der Waals surface area contributed by atoms with Gasteiger partial charge >= 0.3 is 0 Å². The molecular formula is C38H31BF10N3P. The van der Waals surface area contributed by atoms with Crippen molar-refractivity contribution in [2.24, 2.45) is 10.3 Å². The first-order valence-electron chi connectivity index (χ1n) is 16.4. The number of benzene rings is 5. The third-order valence-corrected chi connectivity index (χ3v) is 15.0. The zero-order valence-electron chi connectivity index (χ0n) is 29.3. The smallest absolute Gasteiger partial charge is 0.227 e. The van der Waals surface area contributed by atoms with E-state index in [-0.39, 0.29) is 11.8 Å². The summed E-state index contributed by atoms with van der Waals surface area (Å²) in [6, 6.07) is 14.7. The third kappa shape index (κ3) is 5.63. The molecule has 1 saturated heterocycles. The summed E-state index contributed by atoms with van der Waals surface area (Å²) in [5.41, 5.74) is 0.346. The van der Waals surface area contributed by atoms with Crippen molar-refractivity contribution in [3.63, 3.8) is 0 Å². The lowest BCUT2D eigenvalue weighted by Crippen LogP contribution is -2.70. The molecule has 1 aliphatic rings. The molecule has 0 spiro atoms. The molecule has 1 heterocycles. The predicted molar refractivity (Wildman–Crippen MR) is 187 cm³/mol. The van der Waals surface area contributed by atoms with E-state index < -0.39 is 89.1 Å². The summed E-state index contributed by atoms with van der Waals surface area (Å²) in [6.45, 7) is 10.5. The van der Waals surface area contributed by atoms with Crippen LogP contribution in [0.15, 0.2) is 64.9 Å². The van der Waals surface area contributed by atoms with Crippen molar-refractivity contribution in [3.8, 4) is 0 Å². The van der Waals surface area contributed by atoms with Crippen LogP contribution in [0.2, 0.25) is 6.32 Å². The molecule has 0 radical (unpaired) electrons. The van der Waals surface area contributed by atoms with Crippen LogP contribution in [0, 0.1) is 99.7 Å². The van der Waals surface area contributed by atoms with Crippen LogP contribution in [0.3, 0.4) is 0 Å². The molecular weight excluding hydrogens is 730 g/mol. The van der Waals surface area contributed by atoms with Crippen molar-refractivity contribution in [3.05, 3.63) is 146 Å². The summed E-state index contributed by atoms with van der Waals surface area (Å²) in [5, 5.41) is 9.61. The topological polar surface area (TPSA) is 28.0 Å². The summed E-state index contributed by atoms with van der Waals surface area (Å²) in [7, 11) is -3.85. The zero-order valence-corrected chi connectivity index (χ0v) is 30.2. The normalized spacial score (nSPS) is 15.2. The quantitative estimate of drug-likeness (QED) is 0.0423. The molecule has 0 unspecified atom stereocenters. The molecule has 0 saturated carbocycles. The second-order valence-electron chi connectivity index (χ2n) is 13.6. The van der Waals surface area contributed by atoms with Gasteiger partial charge in [0.25, 0.3) is 0 Å². The second kappa shape index (κ2) is 13.6. The number of nitrogens with zero attached hydrogens (tertiary/aromatic N) is 3. The number of halogens is 10. The van der Waals surface area contributed by atoms with Crippen LogP contribution in [0.25, 0.3) is 0 Å². The van der Waals surface area contributed by atoms with Gasteiger partial charge in [-0.15, -0.1) is 11.4 Å². The molecule has 0 bridgehead atoms. The minimum Gasteiger partial charge on any atom is -0.307 e.